The molecule has 174 valence electrons. The molecular weight excluding hydrogens is 422 g/mol. The molecule has 0 aliphatic heterocycles. The quantitative estimate of drug-likeness (QED) is 0.555. The molecule has 0 radical (unpaired) electrons. The minimum Gasteiger partial charge on any atom is -0.479 e. The fourth-order valence-corrected chi connectivity index (χ4v) is 4.04. The molecule has 33 heavy (non-hydrogen) atoms. The van der Waals surface area contributed by atoms with Crippen molar-refractivity contribution >= 4 is 34.4 Å². The maximum absolute atomic E-state index is 11.6. The monoisotopic (exact) mass is 451 g/mol. The first-order valence-corrected chi connectivity index (χ1v) is 11.0. The summed E-state index contributed by atoms with van der Waals surface area (Å²) in [5, 5.41) is 7.89. The number of amides is 1. The van der Waals surface area contributed by atoms with E-state index >= 15 is 0 Å². The molecule has 0 saturated heterocycles. The van der Waals surface area contributed by atoms with Gasteiger partial charge >= 0.3 is 6.09 Å². The summed E-state index contributed by atoms with van der Waals surface area (Å²) in [7, 11) is 4.57. The number of carbonyl (C=O) groups excluding carboxylic acids is 1. The summed E-state index contributed by atoms with van der Waals surface area (Å²) >= 11 is 0. The van der Waals surface area contributed by atoms with Gasteiger partial charge in [0.2, 0.25) is 11.8 Å². The maximum Gasteiger partial charge on any atom is 0.413 e. The van der Waals surface area contributed by atoms with E-state index in [4.69, 9.17) is 14.5 Å². The second-order valence-corrected chi connectivity index (χ2v) is 8.13. The topological polar surface area (TPSA) is 114 Å². The lowest BCUT2D eigenvalue weighted by Crippen LogP contribution is -2.29. The largest absolute Gasteiger partial charge is 0.479 e. The SMILES string of the molecule is COC(=O)N(C)c1cnc(NCC2CCC(Nc3ccc4ccnc(OC)c4n3)CC2)nc1. The Balaban J connectivity index is 1.26. The number of fused-ring (bicyclic) bond motifs is 1. The average Bonchev–Trinajstić information content (AvgIpc) is 2.87. The summed E-state index contributed by atoms with van der Waals surface area (Å²) in [6.45, 7) is 0.815. The summed E-state index contributed by atoms with van der Waals surface area (Å²) < 4.78 is 10.0. The Labute approximate surface area is 192 Å². The van der Waals surface area contributed by atoms with E-state index in [1.165, 1.54) is 12.0 Å². The van der Waals surface area contributed by atoms with Crippen molar-refractivity contribution in [2.24, 2.45) is 5.92 Å². The van der Waals surface area contributed by atoms with Crippen LogP contribution in [-0.4, -0.2) is 59.9 Å². The lowest BCUT2D eigenvalue weighted by molar-refractivity contribution is 0.180. The lowest BCUT2D eigenvalue weighted by atomic mass is 9.86. The number of pyridine rings is 2. The van der Waals surface area contributed by atoms with Gasteiger partial charge < -0.3 is 20.1 Å². The smallest absolute Gasteiger partial charge is 0.413 e. The molecule has 3 aromatic heterocycles. The van der Waals surface area contributed by atoms with E-state index < -0.39 is 6.09 Å². The standard InChI is InChI=1S/C23H29N7O3/c1-30(23(31)33-3)18-13-26-22(27-14-18)25-12-15-4-7-17(8-5-15)28-19-9-6-16-10-11-24-21(32-2)20(16)29-19/h6,9-11,13-15,17H,4-5,7-8,12H2,1-3H3,(H,28,29)(H,25,26,27). The molecular formula is C23H29N7O3. The highest BCUT2D eigenvalue weighted by atomic mass is 16.5. The molecule has 3 heterocycles. The summed E-state index contributed by atoms with van der Waals surface area (Å²) in [6.07, 6.45) is 8.83. The minimum absolute atomic E-state index is 0.387. The number of ether oxygens (including phenoxy) is 2. The first-order chi connectivity index (χ1) is 16.1. The third-order valence-electron chi connectivity index (χ3n) is 5.99. The average molecular weight is 452 g/mol. The van der Waals surface area contributed by atoms with E-state index in [0.717, 1.165) is 48.9 Å². The van der Waals surface area contributed by atoms with Crippen molar-refractivity contribution in [2.45, 2.75) is 31.7 Å². The van der Waals surface area contributed by atoms with Crippen LogP contribution in [0.25, 0.3) is 10.9 Å². The highest BCUT2D eigenvalue weighted by Gasteiger charge is 2.22. The molecule has 10 heteroatoms. The predicted molar refractivity (Wildman–Crippen MR) is 127 cm³/mol. The third-order valence-corrected chi connectivity index (χ3v) is 5.99. The van der Waals surface area contributed by atoms with Crippen molar-refractivity contribution in [3.8, 4) is 5.88 Å². The zero-order chi connectivity index (χ0) is 23.2. The predicted octanol–water partition coefficient (Wildman–Crippen LogP) is 3.71. The Bertz CT molecular complexity index is 1090. The highest BCUT2D eigenvalue weighted by Crippen LogP contribution is 2.28. The molecule has 0 atom stereocenters. The molecule has 0 aromatic carbocycles. The molecule has 0 spiro atoms. The van der Waals surface area contributed by atoms with E-state index in [0.29, 0.717) is 29.5 Å². The maximum atomic E-state index is 11.6. The van der Waals surface area contributed by atoms with E-state index in [1.54, 1.807) is 32.7 Å². The van der Waals surface area contributed by atoms with Crippen molar-refractivity contribution in [2.75, 3.05) is 43.3 Å². The van der Waals surface area contributed by atoms with Crippen LogP contribution in [0.3, 0.4) is 0 Å². The number of aromatic nitrogens is 4. The van der Waals surface area contributed by atoms with Crippen LogP contribution < -0.4 is 20.3 Å². The molecule has 0 unspecified atom stereocenters. The fourth-order valence-electron chi connectivity index (χ4n) is 4.04. The summed E-state index contributed by atoms with van der Waals surface area (Å²) in [4.78, 5) is 30.5. The highest BCUT2D eigenvalue weighted by molar-refractivity contribution is 5.86. The van der Waals surface area contributed by atoms with Crippen molar-refractivity contribution in [1.82, 2.24) is 19.9 Å². The van der Waals surface area contributed by atoms with Crippen LogP contribution in [0, 0.1) is 5.92 Å². The number of methoxy groups -OCH3 is 2. The fraction of sp³-hybridized carbons (Fsp3) is 0.435. The molecule has 0 bridgehead atoms. The van der Waals surface area contributed by atoms with Crippen LogP contribution in [-0.2, 0) is 4.74 Å². The van der Waals surface area contributed by atoms with E-state index in [1.807, 2.05) is 18.2 Å². The van der Waals surface area contributed by atoms with Gasteiger partial charge in [-0.05, 0) is 49.8 Å². The normalized spacial score (nSPS) is 17.9. The van der Waals surface area contributed by atoms with Crippen LogP contribution in [0.5, 0.6) is 5.88 Å². The number of hydrogen-bond donors (Lipinski definition) is 2. The van der Waals surface area contributed by atoms with Crippen molar-refractivity contribution < 1.29 is 14.3 Å². The van der Waals surface area contributed by atoms with Crippen LogP contribution in [0.2, 0.25) is 0 Å². The molecule has 1 aliphatic carbocycles. The van der Waals surface area contributed by atoms with Gasteiger partial charge in [-0.3, -0.25) is 4.90 Å². The van der Waals surface area contributed by atoms with Gasteiger partial charge in [0.25, 0.3) is 0 Å². The molecule has 1 aliphatic rings. The Kier molecular flexibility index (Phi) is 7.01. The van der Waals surface area contributed by atoms with Crippen molar-refractivity contribution in [3.05, 3.63) is 36.8 Å². The molecule has 1 amide bonds. The molecule has 1 saturated carbocycles. The Morgan fingerprint density at radius 1 is 1.09 bits per heavy atom. The van der Waals surface area contributed by atoms with Gasteiger partial charge in [0.15, 0.2) is 0 Å². The molecule has 10 nitrogen and oxygen atoms in total. The van der Waals surface area contributed by atoms with Gasteiger partial charge in [-0.15, -0.1) is 0 Å². The molecule has 4 rings (SSSR count). The summed E-state index contributed by atoms with van der Waals surface area (Å²) in [6, 6.07) is 6.37. The van der Waals surface area contributed by atoms with Gasteiger partial charge in [-0.1, -0.05) is 0 Å². The Morgan fingerprint density at radius 3 is 2.55 bits per heavy atom. The number of nitrogens with zero attached hydrogens (tertiary/aromatic N) is 5. The van der Waals surface area contributed by atoms with Crippen molar-refractivity contribution in [1.29, 1.82) is 0 Å². The zero-order valence-corrected chi connectivity index (χ0v) is 19.1. The second-order valence-electron chi connectivity index (χ2n) is 8.13. The van der Waals surface area contributed by atoms with Gasteiger partial charge in [0, 0.05) is 31.2 Å². The third kappa shape index (κ3) is 5.39. The van der Waals surface area contributed by atoms with E-state index in [2.05, 4.69) is 25.6 Å². The van der Waals surface area contributed by atoms with Crippen LogP contribution in [0.4, 0.5) is 22.2 Å². The Hall–Kier alpha value is -3.69. The Morgan fingerprint density at radius 2 is 1.85 bits per heavy atom. The number of hydrogen-bond acceptors (Lipinski definition) is 9. The zero-order valence-electron chi connectivity index (χ0n) is 19.1. The molecule has 1 fully saturated rings. The van der Waals surface area contributed by atoms with Crippen molar-refractivity contribution in [3.63, 3.8) is 0 Å². The first-order valence-electron chi connectivity index (χ1n) is 11.0. The van der Waals surface area contributed by atoms with Crippen LogP contribution in [0.15, 0.2) is 36.8 Å². The number of rotatable bonds is 7. The lowest BCUT2D eigenvalue weighted by Gasteiger charge is -2.29. The first kappa shape index (κ1) is 22.5. The molecule has 2 N–H and O–H groups in total. The number of carbonyl (C=O) groups is 1. The molecule has 3 aromatic rings. The summed E-state index contributed by atoms with van der Waals surface area (Å²) in [5.74, 6) is 2.50. The minimum atomic E-state index is -0.459. The van der Waals surface area contributed by atoms with E-state index in [-0.39, 0.29) is 0 Å². The number of anilines is 3. The van der Waals surface area contributed by atoms with Gasteiger partial charge in [0.1, 0.15) is 11.3 Å². The van der Waals surface area contributed by atoms with Gasteiger partial charge in [-0.2, -0.15) is 0 Å². The van der Waals surface area contributed by atoms with Crippen LogP contribution >= 0.6 is 0 Å². The second kappa shape index (κ2) is 10.3. The van der Waals surface area contributed by atoms with Gasteiger partial charge in [-0.25, -0.2) is 24.7 Å². The number of nitrogens with one attached hydrogen (secondary N) is 2. The van der Waals surface area contributed by atoms with E-state index in [9.17, 15) is 4.79 Å². The van der Waals surface area contributed by atoms with Crippen LogP contribution in [0.1, 0.15) is 25.7 Å². The van der Waals surface area contributed by atoms with Gasteiger partial charge in [0.05, 0.1) is 32.3 Å². The summed E-state index contributed by atoms with van der Waals surface area (Å²) in [5.41, 5.74) is 1.35.